The number of ether oxygens (including phenoxy) is 1. The number of allylic oxidation sites excluding steroid dienone is 3. The molecule has 0 aromatic carbocycles. The summed E-state index contributed by atoms with van der Waals surface area (Å²) in [7, 11) is 0. The second-order valence-corrected chi connectivity index (χ2v) is 11.4. The molecule has 3 saturated carbocycles. The van der Waals surface area contributed by atoms with Crippen molar-refractivity contribution in [2.75, 3.05) is 0 Å². The van der Waals surface area contributed by atoms with Crippen LogP contribution >= 0.6 is 0 Å². The number of hydrogen-bond donors (Lipinski definition) is 0. The quantitative estimate of drug-likeness (QED) is 0.341. The fourth-order valence-corrected chi connectivity index (χ4v) is 6.77. The Hall–Kier alpha value is -1.38. The first kappa shape index (κ1) is 19.9. The zero-order valence-electron chi connectivity index (χ0n) is 18.2. The van der Waals surface area contributed by atoms with Crippen LogP contribution in [0.15, 0.2) is 24.3 Å². The molecule has 3 nitrogen and oxygen atoms in total. The Bertz CT molecular complexity index is 741. The predicted molar refractivity (Wildman–Crippen MR) is 110 cm³/mol. The number of ketones is 1. The third-order valence-corrected chi connectivity index (χ3v) is 8.70. The summed E-state index contributed by atoms with van der Waals surface area (Å²) < 4.78 is 5.87. The lowest BCUT2D eigenvalue weighted by Crippen LogP contribution is -2.52. The fourth-order valence-electron chi connectivity index (χ4n) is 6.77. The Morgan fingerprint density at radius 1 is 1.14 bits per heavy atom. The Morgan fingerprint density at radius 3 is 2.54 bits per heavy atom. The standard InChI is InChI=1S/C25H36O3/c1-15-13-20-18-8-7-16-14-17(28-22(27)23(2,3)4)9-11-24(16,5)19(18)10-12-25(20,6)21(15)26/h7-8,16-20H,1,9-14H2,2-6H3/t16?,17?,18-,19-,20+,24+,25+/m1/s1. The van der Waals surface area contributed by atoms with Gasteiger partial charge in [0.05, 0.1) is 5.41 Å². The van der Waals surface area contributed by atoms with Crippen molar-refractivity contribution in [3.05, 3.63) is 24.3 Å². The number of hydrogen-bond acceptors (Lipinski definition) is 3. The van der Waals surface area contributed by atoms with Crippen LogP contribution in [0.25, 0.3) is 0 Å². The van der Waals surface area contributed by atoms with Crippen molar-refractivity contribution in [2.24, 2.45) is 39.9 Å². The lowest BCUT2D eigenvalue weighted by Gasteiger charge is -2.57. The molecule has 4 rings (SSSR count). The molecule has 0 saturated heterocycles. The van der Waals surface area contributed by atoms with Gasteiger partial charge in [-0.25, -0.2) is 0 Å². The molecule has 4 aliphatic carbocycles. The van der Waals surface area contributed by atoms with Crippen LogP contribution < -0.4 is 0 Å². The minimum Gasteiger partial charge on any atom is -0.462 e. The molecular weight excluding hydrogens is 348 g/mol. The van der Waals surface area contributed by atoms with Gasteiger partial charge in [-0.1, -0.05) is 32.6 Å². The van der Waals surface area contributed by atoms with Gasteiger partial charge in [-0.3, -0.25) is 9.59 Å². The van der Waals surface area contributed by atoms with Crippen LogP contribution in [0.1, 0.15) is 73.1 Å². The normalized spacial score (nSPS) is 45.2. The van der Waals surface area contributed by atoms with E-state index in [4.69, 9.17) is 4.74 Å². The Morgan fingerprint density at radius 2 is 1.86 bits per heavy atom. The van der Waals surface area contributed by atoms with Crippen molar-refractivity contribution < 1.29 is 14.3 Å². The van der Waals surface area contributed by atoms with E-state index in [-0.39, 0.29) is 22.9 Å². The van der Waals surface area contributed by atoms with Crippen molar-refractivity contribution in [1.82, 2.24) is 0 Å². The fraction of sp³-hybridized carbons (Fsp3) is 0.760. The number of carbonyl (C=O) groups excluding carboxylic acids is 2. The van der Waals surface area contributed by atoms with E-state index in [2.05, 4.69) is 32.6 Å². The molecule has 0 amide bonds. The van der Waals surface area contributed by atoms with E-state index in [1.807, 2.05) is 20.8 Å². The minimum absolute atomic E-state index is 0.0349. The van der Waals surface area contributed by atoms with Crippen molar-refractivity contribution in [3.8, 4) is 0 Å². The van der Waals surface area contributed by atoms with Gasteiger partial charge in [0.1, 0.15) is 6.10 Å². The van der Waals surface area contributed by atoms with Crippen LogP contribution in [-0.2, 0) is 14.3 Å². The van der Waals surface area contributed by atoms with Crippen LogP contribution in [0.3, 0.4) is 0 Å². The van der Waals surface area contributed by atoms with Gasteiger partial charge >= 0.3 is 5.97 Å². The molecule has 0 radical (unpaired) electrons. The predicted octanol–water partition coefficient (Wildman–Crippen LogP) is 5.50. The summed E-state index contributed by atoms with van der Waals surface area (Å²) in [4.78, 5) is 25.1. The van der Waals surface area contributed by atoms with Gasteiger partial charge in [0, 0.05) is 5.41 Å². The van der Waals surface area contributed by atoms with Crippen LogP contribution in [-0.4, -0.2) is 17.9 Å². The van der Waals surface area contributed by atoms with Gasteiger partial charge in [0.2, 0.25) is 0 Å². The van der Waals surface area contributed by atoms with Gasteiger partial charge in [-0.15, -0.1) is 0 Å². The van der Waals surface area contributed by atoms with Gasteiger partial charge in [0.15, 0.2) is 5.78 Å². The Labute approximate surface area is 170 Å². The maximum Gasteiger partial charge on any atom is 0.311 e. The molecule has 0 heterocycles. The highest BCUT2D eigenvalue weighted by molar-refractivity contribution is 6.02. The zero-order chi connectivity index (χ0) is 20.5. The van der Waals surface area contributed by atoms with E-state index in [9.17, 15) is 9.59 Å². The molecule has 28 heavy (non-hydrogen) atoms. The number of carbonyl (C=O) groups is 2. The van der Waals surface area contributed by atoms with Crippen LogP contribution in [0.5, 0.6) is 0 Å². The smallest absolute Gasteiger partial charge is 0.311 e. The summed E-state index contributed by atoms with van der Waals surface area (Å²) in [6.45, 7) is 14.5. The first-order valence-corrected chi connectivity index (χ1v) is 11.1. The SMILES string of the molecule is C=C1C[C@H]2[C@@H]3C=CC4CC(OC(=O)C(C)(C)C)CC[C@]4(C)[C@@H]3CC[C@]2(C)C1=O. The van der Waals surface area contributed by atoms with Crippen molar-refractivity contribution in [2.45, 2.75) is 79.2 Å². The topological polar surface area (TPSA) is 43.4 Å². The molecule has 0 aliphatic heterocycles. The summed E-state index contributed by atoms with van der Waals surface area (Å²) in [5.41, 5.74) is 0.440. The molecule has 0 aromatic rings. The monoisotopic (exact) mass is 384 g/mol. The second-order valence-electron chi connectivity index (χ2n) is 11.4. The Balaban J connectivity index is 1.55. The molecule has 0 aromatic heterocycles. The average molecular weight is 385 g/mol. The molecule has 2 unspecified atom stereocenters. The number of esters is 1. The summed E-state index contributed by atoms with van der Waals surface area (Å²) in [5, 5.41) is 0. The summed E-state index contributed by atoms with van der Waals surface area (Å²) in [6.07, 6.45) is 10.8. The molecule has 4 aliphatic rings. The van der Waals surface area contributed by atoms with Gasteiger partial charge < -0.3 is 4.74 Å². The first-order chi connectivity index (χ1) is 13.0. The number of Topliss-reactive ketones (excluding diaryl/α,β-unsaturated/α-hetero) is 1. The summed E-state index contributed by atoms with van der Waals surface area (Å²) in [5.74, 6) is 2.21. The summed E-state index contributed by atoms with van der Waals surface area (Å²) in [6, 6.07) is 0. The highest BCUT2D eigenvalue weighted by atomic mass is 16.5. The van der Waals surface area contributed by atoms with Gasteiger partial charge in [-0.2, -0.15) is 0 Å². The lowest BCUT2D eigenvalue weighted by atomic mass is 9.47. The number of fused-ring (bicyclic) bond motifs is 5. The molecule has 7 atom stereocenters. The third kappa shape index (κ3) is 2.83. The van der Waals surface area contributed by atoms with Crippen molar-refractivity contribution in [1.29, 1.82) is 0 Å². The Kier molecular flexibility index (Phi) is 4.49. The molecule has 154 valence electrons. The molecule has 3 fully saturated rings. The maximum absolute atomic E-state index is 12.8. The largest absolute Gasteiger partial charge is 0.462 e. The van der Waals surface area contributed by atoms with E-state index < -0.39 is 5.41 Å². The van der Waals surface area contributed by atoms with Gasteiger partial charge in [-0.05, 0) is 94.0 Å². The van der Waals surface area contributed by atoms with E-state index in [0.29, 0.717) is 29.5 Å². The number of rotatable bonds is 1. The molecular formula is C25H36O3. The highest BCUT2D eigenvalue weighted by Crippen LogP contribution is 2.64. The van der Waals surface area contributed by atoms with Crippen LogP contribution in [0.4, 0.5) is 0 Å². The van der Waals surface area contributed by atoms with Crippen LogP contribution in [0, 0.1) is 39.9 Å². The van der Waals surface area contributed by atoms with E-state index >= 15 is 0 Å². The van der Waals surface area contributed by atoms with E-state index in [1.165, 1.54) is 0 Å². The van der Waals surface area contributed by atoms with Crippen LogP contribution in [0.2, 0.25) is 0 Å². The van der Waals surface area contributed by atoms with E-state index in [0.717, 1.165) is 44.1 Å². The molecule has 0 bridgehead atoms. The van der Waals surface area contributed by atoms with Crippen molar-refractivity contribution in [3.63, 3.8) is 0 Å². The maximum atomic E-state index is 12.8. The molecule has 0 spiro atoms. The van der Waals surface area contributed by atoms with E-state index in [1.54, 1.807) is 0 Å². The second kappa shape index (κ2) is 6.31. The first-order valence-electron chi connectivity index (χ1n) is 11.1. The van der Waals surface area contributed by atoms with Gasteiger partial charge in [0.25, 0.3) is 0 Å². The average Bonchev–Trinajstić information content (AvgIpc) is 2.85. The third-order valence-electron chi connectivity index (χ3n) is 8.70. The molecule has 3 heteroatoms. The van der Waals surface area contributed by atoms with Crippen molar-refractivity contribution >= 4 is 11.8 Å². The zero-order valence-corrected chi connectivity index (χ0v) is 18.2. The summed E-state index contributed by atoms with van der Waals surface area (Å²) >= 11 is 0. The lowest BCUT2D eigenvalue weighted by molar-refractivity contribution is -0.164. The minimum atomic E-state index is -0.445. The molecule has 0 N–H and O–H groups in total. The highest BCUT2D eigenvalue weighted by Gasteiger charge is 2.60.